The molecule has 0 saturated carbocycles. The van der Waals surface area contributed by atoms with E-state index in [0.29, 0.717) is 13.1 Å². The number of hydrogen-bond donors (Lipinski definition) is 0. The van der Waals surface area contributed by atoms with Crippen LogP contribution in [0, 0.1) is 6.92 Å². The van der Waals surface area contributed by atoms with E-state index >= 15 is 0 Å². The van der Waals surface area contributed by atoms with Gasteiger partial charge in [0.25, 0.3) is 5.92 Å². The predicted molar refractivity (Wildman–Crippen MR) is 65.3 cm³/mol. The van der Waals surface area contributed by atoms with E-state index in [0.717, 1.165) is 15.7 Å². The first-order valence-corrected chi connectivity index (χ1v) is 6.16. The fraction of sp³-hybridized carbons (Fsp3) is 0.500. The van der Waals surface area contributed by atoms with Crippen LogP contribution in [0.2, 0.25) is 0 Å². The van der Waals surface area contributed by atoms with Crippen LogP contribution in [0.25, 0.3) is 0 Å². The van der Waals surface area contributed by atoms with E-state index in [-0.39, 0.29) is 12.8 Å². The molecule has 0 radical (unpaired) electrons. The molecule has 1 nitrogen and oxygen atoms in total. The topological polar surface area (TPSA) is 3.24 Å². The number of piperidine rings is 1. The van der Waals surface area contributed by atoms with E-state index < -0.39 is 5.92 Å². The van der Waals surface area contributed by atoms with Gasteiger partial charge in [0, 0.05) is 36.1 Å². The summed E-state index contributed by atoms with van der Waals surface area (Å²) >= 11 is 3.46. The van der Waals surface area contributed by atoms with Crippen molar-refractivity contribution in [1.82, 2.24) is 0 Å². The molecule has 1 aromatic carbocycles. The molecular formula is C12H14BrF2N. The van der Waals surface area contributed by atoms with Crippen LogP contribution in [0.3, 0.4) is 0 Å². The largest absolute Gasteiger partial charge is 0.371 e. The third kappa shape index (κ3) is 2.54. The average Bonchev–Trinajstić information content (AvgIpc) is 2.22. The fourth-order valence-corrected chi connectivity index (χ4v) is 2.24. The molecule has 4 heteroatoms. The van der Waals surface area contributed by atoms with Gasteiger partial charge in [-0.15, -0.1) is 0 Å². The van der Waals surface area contributed by atoms with E-state index in [1.54, 1.807) is 0 Å². The van der Waals surface area contributed by atoms with Crippen LogP contribution >= 0.6 is 15.9 Å². The minimum atomic E-state index is -2.47. The summed E-state index contributed by atoms with van der Waals surface area (Å²) in [6.45, 7) is 2.88. The Morgan fingerprint density at radius 2 is 1.88 bits per heavy atom. The Labute approximate surface area is 103 Å². The van der Waals surface area contributed by atoms with Gasteiger partial charge in [0.15, 0.2) is 0 Å². The van der Waals surface area contributed by atoms with E-state index in [9.17, 15) is 8.78 Å². The summed E-state index contributed by atoms with van der Waals surface area (Å²) in [6.07, 6.45) is -0.0863. The monoisotopic (exact) mass is 289 g/mol. The first-order valence-electron chi connectivity index (χ1n) is 5.37. The highest BCUT2D eigenvalue weighted by molar-refractivity contribution is 9.10. The molecule has 16 heavy (non-hydrogen) atoms. The van der Waals surface area contributed by atoms with Gasteiger partial charge in [-0.2, -0.15) is 0 Å². The van der Waals surface area contributed by atoms with Gasteiger partial charge in [-0.3, -0.25) is 0 Å². The lowest BCUT2D eigenvalue weighted by Gasteiger charge is -2.33. The molecule has 0 bridgehead atoms. The normalized spacial score (nSPS) is 19.9. The van der Waals surface area contributed by atoms with Gasteiger partial charge in [-0.25, -0.2) is 8.78 Å². The van der Waals surface area contributed by atoms with Gasteiger partial charge in [-0.1, -0.05) is 22.0 Å². The Hall–Kier alpha value is -0.640. The van der Waals surface area contributed by atoms with Crippen LogP contribution in [0.5, 0.6) is 0 Å². The Morgan fingerprint density at radius 3 is 2.44 bits per heavy atom. The van der Waals surface area contributed by atoms with Crippen LogP contribution in [0.1, 0.15) is 18.4 Å². The smallest absolute Gasteiger partial charge is 0.251 e. The predicted octanol–water partition coefficient (Wildman–Crippen LogP) is 3.99. The van der Waals surface area contributed by atoms with Gasteiger partial charge >= 0.3 is 0 Å². The summed E-state index contributed by atoms with van der Waals surface area (Å²) in [5, 5.41) is 0. The molecule has 88 valence electrons. The second kappa shape index (κ2) is 4.32. The van der Waals surface area contributed by atoms with Crippen molar-refractivity contribution in [1.29, 1.82) is 0 Å². The van der Waals surface area contributed by atoms with Crippen molar-refractivity contribution in [3.05, 3.63) is 28.2 Å². The molecule has 1 saturated heterocycles. The Bertz CT molecular complexity index is 383. The third-order valence-electron chi connectivity index (χ3n) is 3.02. The Morgan fingerprint density at radius 1 is 1.25 bits per heavy atom. The van der Waals surface area contributed by atoms with Crippen molar-refractivity contribution in [2.45, 2.75) is 25.7 Å². The van der Waals surface area contributed by atoms with Gasteiger partial charge in [-0.05, 0) is 24.6 Å². The van der Waals surface area contributed by atoms with E-state index in [1.165, 1.54) is 0 Å². The third-order valence-corrected chi connectivity index (χ3v) is 3.87. The maximum Gasteiger partial charge on any atom is 0.251 e. The molecule has 1 fully saturated rings. The number of anilines is 1. The number of rotatable bonds is 1. The molecule has 1 aromatic rings. The molecule has 0 aliphatic carbocycles. The maximum absolute atomic E-state index is 13.0. The molecule has 0 spiro atoms. The first-order chi connectivity index (χ1) is 7.48. The lowest BCUT2D eigenvalue weighted by molar-refractivity contribution is -0.0220. The molecule has 0 atom stereocenters. The average molecular weight is 290 g/mol. The van der Waals surface area contributed by atoms with E-state index in [4.69, 9.17) is 0 Å². The zero-order valence-corrected chi connectivity index (χ0v) is 10.7. The van der Waals surface area contributed by atoms with Crippen LogP contribution in [0.15, 0.2) is 22.7 Å². The standard InChI is InChI=1S/C12H14BrF2N/c1-9-2-3-10(8-11(9)13)16-6-4-12(14,15)5-7-16/h2-3,8H,4-7H2,1H3. The number of aryl methyl sites for hydroxylation is 1. The van der Waals surface area contributed by atoms with Crippen molar-refractivity contribution < 1.29 is 8.78 Å². The summed E-state index contributed by atoms with van der Waals surface area (Å²) in [4.78, 5) is 2.02. The van der Waals surface area contributed by atoms with Crippen LogP contribution in [0.4, 0.5) is 14.5 Å². The summed E-state index contributed by atoms with van der Waals surface area (Å²) in [7, 11) is 0. The molecule has 1 aliphatic heterocycles. The summed E-state index contributed by atoms with van der Waals surface area (Å²) in [5.41, 5.74) is 2.18. The van der Waals surface area contributed by atoms with Crippen molar-refractivity contribution in [3.8, 4) is 0 Å². The van der Waals surface area contributed by atoms with Gasteiger partial charge in [0.05, 0.1) is 0 Å². The molecule has 0 amide bonds. The lowest BCUT2D eigenvalue weighted by Crippen LogP contribution is -2.39. The molecule has 1 aliphatic rings. The van der Waals surface area contributed by atoms with Crippen molar-refractivity contribution in [2.75, 3.05) is 18.0 Å². The quantitative estimate of drug-likeness (QED) is 0.756. The van der Waals surface area contributed by atoms with Crippen molar-refractivity contribution >= 4 is 21.6 Å². The summed E-state index contributed by atoms with van der Waals surface area (Å²) in [6, 6.07) is 5.99. The highest BCUT2D eigenvalue weighted by Gasteiger charge is 2.33. The summed E-state index contributed by atoms with van der Waals surface area (Å²) in [5.74, 6) is -2.47. The molecule has 2 rings (SSSR count). The second-order valence-electron chi connectivity index (χ2n) is 4.28. The zero-order chi connectivity index (χ0) is 11.8. The number of halogens is 3. The number of alkyl halides is 2. The van der Waals surface area contributed by atoms with Crippen molar-refractivity contribution in [3.63, 3.8) is 0 Å². The van der Waals surface area contributed by atoms with E-state index in [1.807, 2.05) is 30.0 Å². The van der Waals surface area contributed by atoms with Gasteiger partial charge in [0.1, 0.15) is 0 Å². The summed E-state index contributed by atoms with van der Waals surface area (Å²) < 4.78 is 27.0. The van der Waals surface area contributed by atoms with Crippen LogP contribution in [-0.2, 0) is 0 Å². The number of hydrogen-bond acceptors (Lipinski definition) is 1. The van der Waals surface area contributed by atoms with Gasteiger partial charge in [0.2, 0.25) is 0 Å². The lowest BCUT2D eigenvalue weighted by atomic mass is 10.1. The molecule has 1 heterocycles. The minimum Gasteiger partial charge on any atom is -0.371 e. The maximum atomic E-state index is 13.0. The Balaban J connectivity index is 2.11. The number of benzene rings is 1. The zero-order valence-electron chi connectivity index (χ0n) is 9.14. The second-order valence-corrected chi connectivity index (χ2v) is 5.13. The molecule has 0 unspecified atom stereocenters. The fourth-order valence-electron chi connectivity index (χ4n) is 1.87. The SMILES string of the molecule is Cc1ccc(N2CCC(F)(F)CC2)cc1Br. The van der Waals surface area contributed by atoms with Crippen LogP contribution in [-0.4, -0.2) is 19.0 Å². The van der Waals surface area contributed by atoms with Crippen LogP contribution < -0.4 is 4.90 Å². The van der Waals surface area contributed by atoms with E-state index in [2.05, 4.69) is 15.9 Å². The number of nitrogens with zero attached hydrogens (tertiary/aromatic N) is 1. The minimum absolute atomic E-state index is 0.0432. The van der Waals surface area contributed by atoms with Gasteiger partial charge < -0.3 is 4.90 Å². The van der Waals surface area contributed by atoms with Crippen molar-refractivity contribution in [2.24, 2.45) is 0 Å². The highest BCUT2D eigenvalue weighted by atomic mass is 79.9. The molecule has 0 aromatic heterocycles. The molecule has 0 N–H and O–H groups in total. The molecular weight excluding hydrogens is 276 g/mol. The highest BCUT2D eigenvalue weighted by Crippen LogP contribution is 2.31. The first kappa shape index (κ1) is 11.8. The Kier molecular flexibility index (Phi) is 3.19.